The number of hydrogen-bond donors (Lipinski definition) is 1. The Balaban J connectivity index is 1.91. The highest BCUT2D eigenvalue weighted by molar-refractivity contribution is 6.35. The minimum absolute atomic E-state index is 0.0871. The SMILES string of the molecule is O=[N+]([O-])c1ccc(CCNc2ncc(Cl)cc2Cl)cc1. The fraction of sp³-hybridized carbons (Fsp3) is 0.154. The number of nitrogens with one attached hydrogen (secondary N) is 1. The van der Waals surface area contributed by atoms with E-state index in [1.165, 1.54) is 18.3 Å². The van der Waals surface area contributed by atoms with Gasteiger partial charge in [-0.15, -0.1) is 0 Å². The molecule has 2 aromatic rings. The summed E-state index contributed by atoms with van der Waals surface area (Å²) in [6.07, 6.45) is 2.22. The summed E-state index contributed by atoms with van der Waals surface area (Å²) in [4.78, 5) is 14.2. The van der Waals surface area contributed by atoms with Gasteiger partial charge < -0.3 is 5.32 Å². The molecule has 0 aliphatic heterocycles. The van der Waals surface area contributed by atoms with Crippen LogP contribution in [0.5, 0.6) is 0 Å². The molecule has 0 atom stereocenters. The number of pyridine rings is 1. The van der Waals surface area contributed by atoms with Gasteiger partial charge in [0.05, 0.1) is 15.0 Å². The zero-order valence-electron chi connectivity index (χ0n) is 10.3. The van der Waals surface area contributed by atoms with Crippen molar-refractivity contribution in [2.24, 2.45) is 0 Å². The molecule has 1 aromatic carbocycles. The molecule has 7 heteroatoms. The fourth-order valence-corrected chi connectivity index (χ4v) is 2.10. The van der Waals surface area contributed by atoms with Crippen LogP contribution < -0.4 is 5.32 Å². The molecule has 1 aromatic heterocycles. The van der Waals surface area contributed by atoms with E-state index in [0.29, 0.717) is 28.8 Å². The van der Waals surface area contributed by atoms with E-state index in [2.05, 4.69) is 10.3 Å². The summed E-state index contributed by atoms with van der Waals surface area (Å²) in [5.74, 6) is 0.568. The molecule has 0 spiro atoms. The van der Waals surface area contributed by atoms with E-state index in [1.54, 1.807) is 18.2 Å². The number of benzene rings is 1. The second-order valence-corrected chi connectivity index (χ2v) is 4.93. The van der Waals surface area contributed by atoms with Crippen LogP contribution in [0.2, 0.25) is 10.0 Å². The Labute approximate surface area is 125 Å². The van der Waals surface area contributed by atoms with Crippen LogP contribution in [-0.2, 0) is 6.42 Å². The summed E-state index contributed by atoms with van der Waals surface area (Å²) in [7, 11) is 0. The molecule has 1 heterocycles. The minimum atomic E-state index is -0.417. The molecule has 20 heavy (non-hydrogen) atoms. The lowest BCUT2D eigenvalue weighted by Crippen LogP contribution is -2.06. The number of hydrogen-bond acceptors (Lipinski definition) is 4. The molecular weight excluding hydrogens is 301 g/mol. The molecule has 0 amide bonds. The van der Waals surface area contributed by atoms with Crippen LogP contribution in [0.4, 0.5) is 11.5 Å². The predicted molar refractivity (Wildman–Crippen MR) is 79.5 cm³/mol. The van der Waals surface area contributed by atoms with Crippen molar-refractivity contribution in [2.75, 3.05) is 11.9 Å². The van der Waals surface area contributed by atoms with Crippen molar-refractivity contribution in [3.63, 3.8) is 0 Å². The minimum Gasteiger partial charge on any atom is -0.369 e. The van der Waals surface area contributed by atoms with E-state index in [-0.39, 0.29) is 5.69 Å². The maximum atomic E-state index is 10.5. The second kappa shape index (κ2) is 6.54. The molecule has 0 saturated carbocycles. The van der Waals surface area contributed by atoms with Crippen molar-refractivity contribution in [1.82, 2.24) is 4.98 Å². The van der Waals surface area contributed by atoms with Gasteiger partial charge in [0.25, 0.3) is 5.69 Å². The van der Waals surface area contributed by atoms with Crippen molar-refractivity contribution < 1.29 is 4.92 Å². The lowest BCUT2D eigenvalue weighted by molar-refractivity contribution is -0.384. The summed E-state index contributed by atoms with van der Waals surface area (Å²) >= 11 is 11.7. The van der Waals surface area contributed by atoms with E-state index in [4.69, 9.17) is 23.2 Å². The molecule has 0 aliphatic carbocycles. The average molecular weight is 312 g/mol. The van der Waals surface area contributed by atoms with Crippen LogP contribution in [0.1, 0.15) is 5.56 Å². The third-order valence-corrected chi connectivity index (χ3v) is 3.16. The summed E-state index contributed by atoms with van der Waals surface area (Å²) in [5.41, 5.74) is 1.08. The first-order chi connectivity index (χ1) is 9.56. The van der Waals surface area contributed by atoms with Gasteiger partial charge in [-0.1, -0.05) is 35.3 Å². The molecule has 104 valence electrons. The van der Waals surface area contributed by atoms with Gasteiger partial charge in [-0.05, 0) is 18.1 Å². The van der Waals surface area contributed by atoms with Gasteiger partial charge in [0.2, 0.25) is 0 Å². The zero-order chi connectivity index (χ0) is 14.5. The van der Waals surface area contributed by atoms with Crippen LogP contribution in [-0.4, -0.2) is 16.5 Å². The number of nitro groups is 1. The molecule has 0 aliphatic rings. The largest absolute Gasteiger partial charge is 0.369 e. The third kappa shape index (κ3) is 3.82. The highest BCUT2D eigenvalue weighted by atomic mass is 35.5. The number of nitrogens with zero attached hydrogens (tertiary/aromatic N) is 2. The zero-order valence-corrected chi connectivity index (χ0v) is 11.9. The fourth-order valence-electron chi connectivity index (χ4n) is 1.65. The molecule has 2 rings (SSSR count). The third-order valence-electron chi connectivity index (χ3n) is 2.66. The van der Waals surface area contributed by atoms with Crippen LogP contribution in [0.3, 0.4) is 0 Å². The van der Waals surface area contributed by atoms with Crippen molar-refractivity contribution in [3.05, 3.63) is 62.3 Å². The van der Waals surface area contributed by atoms with Crippen LogP contribution in [0.25, 0.3) is 0 Å². The quantitative estimate of drug-likeness (QED) is 0.670. The number of non-ortho nitro benzene ring substituents is 1. The topological polar surface area (TPSA) is 68.1 Å². The van der Waals surface area contributed by atoms with Gasteiger partial charge in [-0.3, -0.25) is 10.1 Å². The molecule has 0 fully saturated rings. The average Bonchev–Trinajstić information content (AvgIpc) is 2.42. The second-order valence-electron chi connectivity index (χ2n) is 4.08. The van der Waals surface area contributed by atoms with Crippen molar-refractivity contribution in [1.29, 1.82) is 0 Å². The summed E-state index contributed by atoms with van der Waals surface area (Å²) in [6, 6.07) is 8.06. The van der Waals surface area contributed by atoms with Crippen molar-refractivity contribution in [2.45, 2.75) is 6.42 Å². The number of rotatable bonds is 5. The summed E-state index contributed by atoms with van der Waals surface area (Å²) < 4.78 is 0. The van der Waals surface area contributed by atoms with Gasteiger partial charge in [0.1, 0.15) is 5.82 Å². The first-order valence-electron chi connectivity index (χ1n) is 5.84. The molecule has 1 N–H and O–H groups in total. The van der Waals surface area contributed by atoms with Crippen LogP contribution in [0.15, 0.2) is 36.5 Å². The Morgan fingerprint density at radius 3 is 2.55 bits per heavy atom. The van der Waals surface area contributed by atoms with Gasteiger partial charge in [-0.2, -0.15) is 0 Å². The maximum absolute atomic E-state index is 10.5. The van der Waals surface area contributed by atoms with Gasteiger partial charge >= 0.3 is 0 Å². The monoisotopic (exact) mass is 311 g/mol. The van der Waals surface area contributed by atoms with Gasteiger partial charge in [0, 0.05) is 24.9 Å². The number of nitro benzene ring substituents is 1. The Kier molecular flexibility index (Phi) is 4.76. The Morgan fingerprint density at radius 2 is 1.95 bits per heavy atom. The van der Waals surface area contributed by atoms with Gasteiger partial charge in [0.15, 0.2) is 0 Å². The van der Waals surface area contributed by atoms with Gasteiger partial charge in [-0.25, -0.2) is 4.98 Å². The van der Waals surface area contributed by atoms with Crippen LogP contribution >= 0.6 is 23.2 Å². The highest BCUT2D eigenvalue weighted by Crippen LogP contribution is 2.22. The van der Waals surface area contributed by atoms with E-state index >= 15 is 0 Å². The Bertz CT molecular complexity index is 618. The summed E-state index contributed by atoms with van der Waals surface area (Å²) in [5, 5.41) is 14.6. The number of aromatic nitrogens is 1. The Hall–Kier alpha value is -1.85. The van der Waals surface area contributed by atoms with E-state index in [1.807, 2.05) is 0 Å². The van der Waals surface area contributed by atoms with Crippen LogP contribution in [0, 0.1) is 10.1 Å². The lowest BCUT2D eigenvalue weighted by atomic mass is 10.1. The highest BCUT2D eigenvalue weighted by Gasteiger charge is 2.05. The molecular formula is C13H11Cl2N3O2. The first kappa shape index (κ1) is 14.6. The maximum Gasteiger partial charge on any atom is 0.269 e. The van der Waals surface area contributed by atoms with E-state index in [9.17, 15) is 10.1 Å². The predicted octanol–water partition coefficient (Wildman–Crippen LogP) is 3.95. The van der Waals surface area contributed by atoms with E-state index < -0.39 is 4.92 Å². The Morgan fingerprint density at radius 1 is 1.25 bits per heavy atom. The standard InChI is InChI=1S/C13H11Cl2N3O2/c14-10-7-12(15)13(17-8-10)16-6-5-9-1-3-11(4-2-9)18(19)20/h1-4,7-8H,5-6H2,(H,16,17). The lowest BCUT2D eigenvalue weighted by Gasteiger charge is -2.07. The summed E-state index contributed by atoms with van der Waals surface area (Å²) in [6.45, 7) is 0.617. The van der Waals surface area contributed by atoms with Crippen molar-refractivity contribution >= 4 is 34.7 Å². The smallest absolute Gasteiger partial charge is 0.269 e. The first-order valence-corrected chi connectivity index (χ1v) is 6.60. The molecule has 0 radical (unpaired) electrons. The number of halogens is 2. The van der Waals surface area contributed by atoms with Crippen molar-refractivity contribution in [3.8, 4) is 0 Å². The number of anilines is 1. The molecule has 0 saturated heterocycles. The molecule has 0 unspecified atom stereocenters. The van der Waals surface area contributed by atoms with E-state index in [0.717, 1.165) is 5.56 Å². The normalized spacial score (nSPS) is 10.3. The molecule has 5 nitrogen and oxygen atoms in total. The molecule has 0 bridgehead atoms.